The molecule has 0 saturated carbocycles. The van der Waals surface area contributed by atoms with Gasteiger partial charge in [-0.15, -0.1) is 0 Å². The summed E-state index contributed by atoms with van der Waals surface area (Å²) in [5, 5.41) is 0. The second-order valence-electron chi connectivity index (χ2n) is 4.06. The first-order valence-corrected chi connectivity index (χ1v) is 7.07. The van der Waals surface area contributed by atoms with E-state index in [2.05, 4.69) is 13.8 Å². The summed E-state index contributed by atoms with van der Waals surface area (Å²) in [5.74, 6) is 0.449. The van der Waals surface area contributed by atoms with Crippen LogP contribution in [-0.2, 0) is 20.6 Å². The van der Waals surface area contributed by atoms with Crippen molar-refractivity contribution in [3.05, 3.63) is 0 Å². The zero-order chi connectivity index (χ0) is 12.4. The minimum absolute atomic E-state index is 0.202. The van der Waals surface area contributed by atoms with Crippen molar-refractivity contribution in [2.24, 2.45) is 5.92 Å². The molecule has 5 heteroatoms. The number of unbranched alkanes of at least 4 members (excludes halogenated alkanes) is 1. The van der Waals surface area contributed by atoms with Gasteiger partial charge in [-0.2, -0.15) is 0 Å². The number of ether oxygens (including phenoxy) is 1. The third kappa shape index (κ3) is 10.1. The predicted molar refractivity (Wildman–Crippen MR) is 64.5 cm³/mol. The Morgan fingerprint density at radius 2 is 2.12 bits per heavy atom. The number of carbonyl (C=O) groups is 1. The summed E-state index contributed by atoms with van der Waals surface area (Å²) >= 11 is -1.75. The van der Waals surface area contributed by atoms with Gasteiger partial charge in [0.25, 0.3) is 0 Å². The van der Waals surface area contributed by atoms with Crippen LogP contribution in [0.1, 0.15) is 46.0 Å². The van der Waals surface area contributed by atoms with Crippen molar-refractivity contribution in [3.63, 3.8) is 0 Å². The van der Waals surface area contributed by atoms with Gasteiger partial charge >= 0.3 is 5.97 Å². The smallest absolute Gasteiger partial charge is 0.305 e. The molecule has 0 aromatic carbocycles. The van der Waals surface area contributed by atoms with E-state index in [4.69, 9.17) is 9.29 Å². The topological polar surface area (TPSA) is 63.6 Å². The van der Waals surface area contributed by atoms with Crippen LogP contribution in [-0.4, -0.2) is 27.1 Å². The second kappa shape index (κ2) is 9.78. The molecule has 2 unspecified atom stereocenters. The zero-order valence-corrected chi connectivity index (χ0v) is 10.9. The first kappa shape index (κ1) is 15.6. The maximum Gasteiger partial charge on any atom is 0.305 e. The summed E-state index contributed by atoms with van der Waals surface area (Å²) in [4.78, 5) is 11.2. The van der Waals surface area contributed by atoms with E-state index in [0.717, 1.165) is 12.8 Å². The molecule has 0 heterocycles. The van der Waals surface area contributed by atoms with Crippen molar-refractivity contribution in [1.29, 1.82) is 0 Å². The van der Waals surface area contributed by atoms with E-state index < -0.39 is 11.1 Å². The highest BCUT2D eigenvalue weighted by Gasteiger charge is 2.06. The minimum Gasteiger partial charge on any atom is -0.465 e. The lowest BCUT2D eigenvalue weighted by Crippen LogP contribution is -2.11. The van der Waals surface area contributed by atoms with Gasteiger partial charge in [-0.05, 0) is 25.2 Å². The Hall–Kier alpha value is -0.420. The maximum atomic E-state index is 11.2. The first-order chi connectivity index (χ1) is 7.56. The molecule has 4 nitrogen and oxygen atoms in total. The minimum atomic E-state index is -1.75. The van der Waals surface area contributed by atoms with Crippen LogP contribution in [0.3, 0.4) is 0 Å². The van der Waals surface area contributed by atoms with Crippen LogP contribution in [0, 0.1) is 5.92 Å². The summed E-state index contributed by atoms with van der Waals surface area (Å²) in [7, 11) is 0. The van der Waals surface area contributed by atoms with Crippen molar-refractivity contribution in [3.8, 4) is 0 Å². The van der Waals surface area contributed by atoms with Gasteiger partial charge in [0, 0.05) is 12.2 Å². The molecule has 0 rings (SSSR count). The number of carbonyl (C=O) groups excluding carboxylic acids is 1. The van der Waals surface area contributed by atoms with E-state index in [1.165, 1.54) is 0 Å². The molecule has 0 radical (unpaired) electrons. The monoisotopic (exact) mass is 250 g/mol. The van der Waals surface area contributed by atoms with Crippen LogP contribution in [0.2, 0.25) is 0 Å². The average molecular weight is 250 g/mol. The largest absolute Gasteiger partial charge is 0.465 e. The third-order valence-corrected chi connectivity index (χ3v) is 2.90. The fourth-order valence-corrected chi connectivity index (χ4v) is 1.83. The Bertz CT molecular complexity index is 218. The molecule has 2 atom stereocenters. The Morgan fingerprint density at radius 3 is 2.69 bits per heavy atom. The second-order valence-corrected chi connectivity index (χ2v) is 5.11. The van der Waals surface area contributed by atoms with Crippen LogP contribution < -0.4 is 0 Å². The summed E-state index contributed by atoms with van der Waals surface area (Å²) in [6.45, 7) is 4.65. The van der Waals surface area contributed by atoms with Crippen LogP contribution in [0.5, 0.6) is 0 Å². The van der Waals surface area contributed by atoms with Gasteiger partial charge in [0.15, 0.2) is 11.1 Å². The van der Waals surface area contributed by atoms with E-state index in [-0.39, 0.29) is 11.7 Å². The van der Waals surface area contributed by atoms with Crippen LogP contribution in [0.4, 0.5) is 0 Å². The highest BCUT2D eigenvalue weighted by Crippen LogP contribution is 2.06. The molecule has 0 saturated heterocycles. The van der Waals surface area contributed by atoms with Crippen molar-refractivity contribution in [2.45, 2.75) is 46.0 Å². The molecule has 0 aliphatic carbocycles. The first-order valence-electron chi connectivity index (χ1n) is 5.79. The van der Waals surface area contributed by atoms with E-state index in [0.29, 0.717) is 31.8 Å². The lowest BCUT2D eigenvalue weighted by molar-refractivity contribution is -0.145. The Morgan fingerprint density at radius 1 is 1.44 bits per heavy atom. The quantitative estimate of drug-likeness (QED) is 0.387. The number of esters is 1. The van der Waals surface area contributed by atoms with Gasteiger partial charge in [0.05, 0.1) is 6.61 Å². The summed E-state index contributed by atoms with van der Waals surface area (Å²) in [5.41, 5.74) is 0. The zero-order valence-electron chi connectivity index (χ0n) is 10.1. The molecule has 0 fully saturated rings. The Kier molecular flexibility index (Phi) is 9.52. The molecule has 96 valence electrons. The van der Waals surface area contributed by atoms with Gasteiger partial charge in [0.2, 0.25) is 0 Å². The fraction of sp³-hybridized carbons (Fsp3) is 0.909. The maximum absolute atomic E-state index is 11.2. The van der Waals surface area contributed by atoms with Crippen LogP contribution in [0.25, 0.3) is 0 Å². The fourth-order valence-electron chi connectivity index (χ4n) is 1.38. The third-order valence-electron chi connectivity index (χ3n) is 2.26. The molecule has 0 amide bonds. The molecule has 0 aliphatic rings. The van der Waals surface area contributed by atoms with Gasteiger partial charge in [-0.3, -0.25) is 4.79 Å². The molecule has 0 aromatic heterocycles. The van der Waals surface area contributed by atoms with E-state index in [1.54, 1.807) is 0 Å². The Balaban J connectivity index is 3.41. The van der Waals surface area contributed by atoms with E-state index in [1.807, 2.05) is 0 Å². The van der Waals surface area contributed by atoms with Crippen molar-refractivity contribution in [2.75, 3.05) is 12.4 Å². The number of hydrogen-bond donors (Lipinski definition) is 1. The molecular weight excluding hydrogens is 228 g/mol. The summed E-state index contributed by atoms with van der Waals surface area (Å²) in [6, 6.07) is 0. The lowest BCUT2D eigenvalue weighted by atomic mass is 10.1. The highest BCUT2D eigenvalue weighted by molar-refractivity contribution is 7.79. The standard InChI is InChI=1S/C11H22O4S/c1-3-6-10(2)9-15-11(12)7-4-5-8-16(13)14/h10H,3-9H2,1-2H3,(H,13,14). The SMILES string of the molecule is CCCC(C)COC(=O)CCCCS(=O)O. The molecule has 0 bridgehead atoms. The molecule has 0 spiro atoms. The molecule has 0 aliphatic heterocycles. The molecular formula is C11H22O4S. The van der Waals surface area contributed by atoms with E-state index in [9.17, 15) is 9.00 Å². The molecule has 16 heavy (non-hydrogen) atoms. The normalized spacial score (nSPS) is 14.4. The lowest BCUT2D eigenvalue weighted by Gasteiger charge is -2.10. The summed E-state index contributed by atoms with van der Waals surface area (Å²) in [6.07, 6.45) is 3.71. The molecule has 0 aromatic rings. The number of rotatable bonds is 9. The number of hydrogen-bond acceptors (Lipinski definition) is 3. The van der Waals surface area contributed by atoms with Crippen LogP contribution in [0.15, 0.2) is 0 Å². The average Bonchev–Trinajstić information content (AvgIpc) is 2.22. The van der Waals surface area contributed by atoms with Crippen LogP contribution >= 0.6 is 0 Å². The molecule has 1 N–H and O–H groups in total. The van der Waals surface area contributed by atoms with Gasteiger partial charge in [0.1, 0.15) is 0 Å². The van der Waals surface area contributed by atoms with Gasteiger partial charge in [-0.1, -0.05) is 20.3 Å². The van der Waals surface area contributed by atoms with Crippen molar-refractivity contribution >= 4 is 17.0 Å². The van der Waals surface area contributed by atoms with E-state index >= 15 is 0 Å². The van der Waals surface area contributed by atoms with Gasteiger partial charge < -0.3 is 9.29 Å². The van der Waals surface area contributed by atoms with Crippen molar-refractivity contribution < 1.29 is 18.3 Å². The Labute approximate surface area is 100 Å². The summed E-state index contributed by atoms with van der Waals surface area (Å²) < 4.78 is 23.9. The van der Waals surface area contributed by atoms with Crippen molar-refractivity contribution in [1.82, 2.24) is 0 Å². The van der Waals surface area contributed by atoms with Gasteiger partial charge in [-0.25, -0.2) is 4.21 Å². The highest BCUT2D eigenvalue weighted by atomic mass is 32.2. The predicted octanol–water partition coefficient (Wildman–Crippen LogP) is 2.36.